The van der Waals surface area contributed by atoms with Crippen molar-refractivity contribution in [3.05, 3.63) is 140 Å². The monoisotopic (exact) mass is 550 g/mol. The molecule has 0 spiro atoms. The van der Waals surface area contributed by atoms with Gasteiger partial charge >= 0.3 is 222 Å². The SMILES string of the molecule is CN(C)c1cc[n+]([As](c2ccccc2)(c2ccccc2)(c2ccccc2)[n+]2ccc(N(C)C)cc2)cc1. The molecule has 0 atom stereocenters. The predicted molar refractivity (Wildman–Crippen MR) is 157 cm³/mol. The normalized spacial score (nSPS) is 12.4. The van der Waals surface area contributed by atoms with Crippen molar-refractivity contribution in [2.24, 2.45) is 0 Å². The zero-order valence-corrected chi connectivity index (χ0v) is 23.9. The molecule has 4 nitrogen and oxygen atoms in total. The van der Waals surface area contributed by atoms with Crippen molar-refractivity contribution in [1.29, 1.82) is 0 Å². The van der Waals surface area contributed by atoms with Gasteiger partial charge in [-0.05, 0) is 0 Å². The minimum absolute atomic E-state index is 1.17. The van der Waals surface area contributed by atoms with Crippen molar-refractivity contribution in [3.8, 4) is 0 Å². The molecule has 0 N–H and O–H groups in total. The number of hydrogen-bond donors (Lipinski definition) is 0. The summed E-state index contributed by atoms with van der Waals surface area (Å²) in [6, 6.07) is 42.1. The molecule has 2 aromatic heterocycles. The summed E-state index contributed by atoms with van der Waals surface area (Å²) in [6.07, 6.45) is 9.11. The third kappa shape index (κ3) is 3.75. The maximum absolute atomic E-state index is 4.42. The molecule has 0 amide bonds. The second-order valence-corrected chi connectivity index (χ2v) is 19.2. The number of benzene rings is 3. The quantitative estimate of drug-likeness (QED) is 0.290. The van der Waals surface area contributed by atoms with Crippen LogP contribution >= 0.6 is 0 Å². The van der Waals surface area contributed by atoms with E-state index in [1.165, 1.54) is 24.4 Å². The van der Waals surface area contributed by atoms with Crippen molar-refractivity contribution in [1.82, 2.24) is 0 Å². The van der Waals surface area contributed by atoms with Crippen LogP contribution < -0.4 is 29.8 Å². The van der Waals surface area contributed by atoms with Gasteiger partial charge in [-0.25, -0.2) is 0 Å². The van der Waals surface area contributed by atoms with Crippen molar-refractivity contribution in [2.75, 3.05) is 38.0 Å². The van der Waals surface area contributed by atoms with Gasteiger partial charge < -0.3 is 0 Å². The van der Waals surface area contributed by atoms with Gasteiger partial charge in [-0.1, -0.05) is 0 Å². The molecule has 37 heavy (non-hydrogen) atoms. The molecule has 5 rings (SSSR count). The molecule has 0 unspecified atom stereocenters. The first-order valence-corrected chi connectivity index (χ1v) is 17.1. The molecule has 0 aliphatic rings. The van der Waals surface area contributed by atoms with Crippen LogP contribution in [0.5, 0.6) is 0 Å². The fourth-order valence-electron chi connectivity index (χ4n) is 5.43. The van der Waals surface area contributed by atoms with Crippen LogP contribution in [-0.4, -0.2) is 41.1 Å². The number of pyridine rings is 2. The van der Waals surface area contributed by atoms with E-state index in [-0.39, 0.29) is 0 Å². The summed E-state index contributed by atoms with van der Waals surface area (Å²) in [5.41, 5.74) is 2.34. The first kappa shape index (κ1) is 24.8. The Bertz CT molecular complexity index is 1300. The van der Waals surface area contributed by atoms with E-state index in [1.54, 1.807) is 0 Å². The van der Waals surface area contributed by atoms with E-state index >= 15 is 0 Å². The number of anilines is 2. The van der Waals surface area contributed by atoms with Crippen LogP contribution in [0.25, 0.3) is 0 Å². The van der Waals surface area contributed by atoms with E-state index in [0.717, 1.165) is 0 Å². The summed E-state index contributed by atoms with van der Waals surface area (Å²) in [4.78, 5) is 4.30. The van der Waals surface area contributed by atoms with E-state index in [9.17, 15) is 0 Å². The Kier molecular flexibility index (Phi) is 6.62. The van der Waals surface area contributed by atoms with Crippen LogP contribution in [0, 0.1) is 0 Å². The fourth-order valence-corrected chi connectivity index (χ4v) is 18.5. The van der Waals surface area contributed by atoms with Gasteiger partial charge in [-0.2, -0.15) is 0 Å². The molecule has 0 saturated heterocycles. The van der Waals surface area contributed by atoms with Gasteiger partial charge in [0.25, 0.3) is 0 Å². The van der Waals surface area contributed by atoms with Crippen molar-refractivity contribution in [3.63, 3.8) is 0 Å². The molecule has 2 heterocycles. The maximum atomic E-state index is 2.53. The average Bonchev–Trinajstić information content (AvgIpc) is 2.96. The van der Waals surface area contributed by atoms with Crippen LogP contribution in [0.3, 0.4) is 0 Å². The molecule has 5 aromatic rings. The first-order valence-electron chi connectivity index (χ1n) is 12.6. The molecule has 0 saturated carbocycles. The van der Waals surface area contributed by atoms with Gasteiger partial charge in [0.1, 0.15) is 0 Å². The predicted octanol–water partition coefficient (Wildman–Crippen LogP) is 2.91. The van der Waals surface area contributed by atoms with Crippen LogP contribution in [0.2, 0.25) is 0 Å². The molecular formula is C32H35AsN4+2. The topological polar surface area (TPSA) is 14.2 Å². The molecule has 0 fully saturated rings. The van der Waals surface area contributed by atoms with E-state index in [0.29, 0.717) is 0 Å². The minimum atomic E-state index is -4.42. The molecule has 0 radical (unpaired) electrons. The third-order valence-electron chi connectivity index (χ3n) is 7.26. The number of hydrogen-bond acceptors (Lipinski definition) is 2. The fraction of sp³-hybridized carbons (Fsp3) is 0.125. The first-order chi connectivity index (χ1) is 18.0. The zero-order valence-electron chi connectivity index (χ0n) is 22.0. The van der Waals surface area contributed by atoms with E-state index < -0.39 is 12.9 Å². The molecule has 0 aliphatic carbocycles. The summed E-state index contributed by atoms with van der Waals surface area (Å²) < 4.78 is 8.98. The Labute approximate surface area is 221 Å². The Balaban J connectivity index is 2.06. The second kappa shape index (κ2) is 9.88. The van der Waals surface area contributed by atoms with E-state index in [4.69, 9.17) is 0 Å². The number of aromatic nitrogens is 2. The molecule has 3 aromatic carbocycles. The second-order valence-electron chi connectivity index (χ2n) is 9.69. The Morgan fingerprint density at radius 1 is 0.405 bits per heavy atom. The summed E-state index contributed by atoms with van der Waals surface area (Å²) in [6.45, 7) is 0. The molecule has 0 bridgehead atoms. The summed E-state index contributed by atoms with van der Waals surface area (Å²) in [7, 11) is 8.35. The Morgan fingerprint density at radius 3 is 0.919 bits per heavy atom. The molecule has 5 heteroatoms. The zero-order chi connectivity index (χ0) is 25.9. The van der Waals surface area contributed by atoms with Gasteiger partial charge in [0.05, 0.1) is 0 Å². The van der Waals surface area contributed by atoms with Crippen LogP contribution in [-0.2, 0) is 0 Å². The number of rotatable bonds is 7. The van der Waals surface area contributed by atoms with Crippen LogP contribution in [0.4, 0.5) is 11.4 Å². The van der Waals surface area contributed by atoms with Gasteiger partial charge in [-0.15, -0.1) is 0 Å². The summed E-state index contributed by atoms with van der Waals surface area (Å²) >= 11 is -4.42. The third-order valence-corrected chi connectivity index (χ3v) is 20.2. The van der Waals surface area contributed by atoms with Crippen LogP contribution in [0.15, 0.2) is 140 Å². The molecule has 0 aliphatic heterocycles. The van der Waals surface area contributed by atoms with Crippen LogP contribution in [0.1, 0.15) is 0 Å². The van der Waals surface area contributed by atoms with Crippen molar-refractivity contribution >= 4 is 37.3 Å². The van der Waals surface area contributed by atoms with Crippen molar-refractivity contribution < 1.29 is 6.97 Å². The van der Waals surface area contributed by atoms with Crippen molar-refractivity contribution in [2.45, 2.75) is 0 Å². The van der Waals surface area contributed by atoms with Gasteiger partial charge in [0.2, 0.25) is 0 Å². The van der Waals surface area contributed by atoms with E-state index in [1.807, 2.05) is 0 Å². The van der Waals surface area contributed by atoms with Gasteiger partial charge in [0, 0.05) is 0 Å². The Morgan fingerprint density at radius 2 is 0.676 bits per heavy atom. The molecular weight excluding hydrogens is 515 g/mol. The summed E-state index contributed by atoms with van der Waals surface area (Å²) in [5, 5.41) is 0. The average molecular weight is 551 g/mol. The van der Waals surface area contributed by atoms with Gasteiger partial charge in [-0.3, -0.25) is 0 Å². The molecule has 186 valence electrons. The summed E-state index contributed by atoms with van der Waals surface area (Å²) in [5.74, 6) is 0. The number of nitrogens with zero attached hydrogens (tertiary/aromatic N) is 4. The standard InChI is InChI=1S/C32H35AsN4/c1-34(2)31-20-24-36(25-21-31)33(28-14-8-5-9-15-28,29-16-10-6-11-17-29,30-18-12-7-13-19-30)37-26-22-32(23-27-37)35(3)4/h5-27H,1-4H3/q+2. The Hall–Kier alpha value is -3.88. The van der Waals surface area contributed by atoms with E-state index in [2.05, 4.69) is 185 Å². The van der Waals surface area contributed by atoms with Gasteiger partial charge in [0.15, 0.2) is 0 Å².